The van der Waals surface area contributed by atoms with Gasteiger partial charge in [0.05, 0.1) is 18.8 Å². The second-order valence-electron chi connectivity index (χ2n) is 7.02. The van der Waals surface area contributed by atoms with Gasteiger partial charge in [-0.3, -0.25) is 0 Å². The number of hydrogen-bond acceptors (Lipinski definition) is 5. The molecular formula is C15H35N3O2. The number of rotatable bonds is 11. The lowest BCUT2D eigenvalue weighted by Gasteiger charge is -2.33. The lowest BCUT2D eigenvalue weighted by atomic mass is 9.81. The molecule has 20 heavy (non-hydrogen) atoms. The molecule has 0 saturated heterocycles. The average Bonchev–Trinajstić information content (AvgIpc) is 2.44. The molecule has 0 saturated carbocycles. The predicted octanol–water partition coefficient (Wildman–Crippen LogP) is 0.582. The van der Waals surface area contributed by atoms with Crippen molar-refractivity contribution in [2.45, 2.75) is 64.5 Å². The van der Waals surface area contributed by atoms with Crippen LogP contribution in [0, 0.1) is 5.41 Å². The minimum Gasteiger partial charge on any atom is -0.394 e. The van der Waals surface area contributed by atoms with Crippen molar-refractivity contribution >= 4 is 0 Å². The minimum absolute atomic E-state index is 0.0107. The highest BCUT2D eigenvalue weighted by Crippen LogP contribution is 2.26. The molecule has 0 fully saturated rings. The topological polar surface area (TPSA) is 105 Å². The number of nitrogens with one attached hydrogen (secondary N) is 1. The number of aliphatic hydroxyl groups is 2. The Bertz CT molecular complexity index is 262. The van der Waals surface area contributed by atoms with Crippen LogP contribution in [0.25, 0.3) is 0 Å². The lowest BCUT2D eigenvalue weighted by Crippen LogP contribution is -2.52. The summed E-state index contributed by atoms with van der Waals surface area (Å²) in [5, 5.41) is 22.0. The van der Waals surface area contributed by atoms with Crippen molar-refractivity contribution in [1.29, 1.82) is 0 Å². The molecular weight excluding hydrogens is 254 g/mol. The molecule has 0 aromatic carbocycles. The molecule has 5 nitrogen and oxygen atoms in total. The molecule has 0 amide bonds. The highest BCUT2D eigenvalue weighted by molar-refractivity contribution is 4.87. The van der Waals surface area contributed by atoms with Gasteiger partial charge in [0.2, 0.25) is 0 Å². The maximum absolute atomic E-state index is 9.34. The fraction of sp³-hybridized carbons (Fsp3) is 1.00. The molecule has 0 aromatic heterocycles. The van der Waals surface area contributed by atoms with Crippen LogP contribution in [0.4, 0.5) is 0 Å². The third-order valence-electron chi connectivity index (χ3n) is 4.42. The van der Waals surface area contributed by atoms with Crippen molar-refractivity contribution in [3.05, 3.63) is 0 Å². The van der Waals surface area contributed by atoms with Crippen LogP contribution < -0.4 is 16.8 Å². The Labute approximate surface area is 124 Å². The van der Waals surface area contributed by atoms with Crippen molar-refractivity contribution < 1.29 is 10.2 Å². The summed E-state index contributed by atoms with van der Waals surface area (Å²) in [6.07, 6.45) is 3.26. The molecule has 0 aliphatic heterocycles. The zero-order valence-corrected chi connectivity index (χ0v) is 13.7. The molecule has 2 atom stereocenters. The number of nitrogens with two attached hydrogens (primary N) is 2. The van der Waals surface area contributed by atoms with Crippen LogP contribution in [0.2, 0.25) is 0 Å². The van der Waals surface area contributed by atoms with E-state index in [0.29, 0.717) is 6.54 Å². The Hall–Kier alpha value is -0.200. The minimum atomic E-state index is -0.539. The van der Waals surface area contributed by atoms with Crippen LogP contribution in [0.3, 0.4) is 0 Å². The highest BCUT2D eigenvalue weighted by Gasteiger charge is 2.27. The standard InChI is InChI=1S/C15H35N3O2/c1-5-14(16,11-19)8-7-13(3,4)9-18-10-15(17,6-2)12-20/h18-20H,5-12,16-17H2,1-4H3. The highest BCUT2D eigenvalue weighted by atomic mass is 16.3. The summed E-state index contributed by atoms with van der Waals surface area (Å²) in [7, 11) is 0. The third kappa shape index (κ3) is 6.99. The van der Waals surface area contributed by atoms with Crippen LogP contribution >= 0.6 is 0 Å². The van der Waals surface area contributed by atoms with Crippen LogP contribution in [-0.2, 0) is 0 Å². The SMILES string of the molecule is CCC(N)(CO)CCC(C)(C)CNCC(N)(CC)CO. The molecule has 0 bridgehead atoms. The molecule has 0 radical (unpaired) electrons. The van der Waals surface area contributed by atoms with E-state index in [1.54, 1.807) is 0 Å². The van der Waals surface area contributed by atoms with E-state index in [9.17, 15) is 10.2 Å². The van der Waals surface area contributed by atoms with Crippen molar-refractivity contribution in [1.82, 2.24) is 5.32 Å². The summed E-state index contributed by atoms with van der Waals surface area (Å²) >= 11 is 0. The van der Waals surface area contributed by atoms with Gasteiger partial charge in [-0.05, 0) is 31.1 Å². The van der Waals surface area contributed by atoms with E-state index < -0.39 is 11.1 Å². The van der Waals surface area contributed by atoms with Crippen molar-refractivity contribution in [3.8, 4) is 0 Å². The summed E-state index contributed by atoms with van der Waals surface area (Å²) < 4.78 is 0. The molecule has 7 N–H and O–H groups in total. The molecule has 2 unspecified atom stereocenters. The van der Waals surface area contributed by atoms with Gasteiger partial charge < -0.3 is 27.0 Å². The van der Waals surface area contributed by atoms with E-state index >= 15 is 0 Å². The van der Waals surface area contributed by atoms with Crippen LogP contribution in [0.1, 0.15) is 53.4 Å². The molecule has 5 heteroatoms. The molecule has 0 heterocycles. The maximum atomic E-state index is 9.34. The largest absolute Gasteiger partial charge is 0.394 e. The van der Waals surface area contributed by atoms with E-state index in [0.717, 1.165) is 32.2 Å². The van der Waals surface area contributed by atoms with Crippen molar-refractivity contribution in [2.75, 3.05) is 26.3 Å². The summed E-state index contributed by atoms with van der Waals surface area (Å²) in [5.41, 5.74) is 11.2. The monoisotopic (exact) mass is 289 g/mol. The Morgan fingerprint density at radius 1 is 0.850 bits per heavy atom. The van der Waals surface area contributed by atoms with Gasteiger partial charge in [0, 0.05) is 18.6 Å². The van der Waals surface area contributed by atoms with E-state index in [1.165, 1.54) is 0 Å². The van der Waals surface area contributed by atoms with Crippen LogP contribution in [0.15, 0.2) is 0 Å². The van der Waals surface area contributed by atoms with Crippen molar-refractivity contribution in [2.24, 2.45) is 16.9 Å². The Kier molecular flexibility index (Phi) is 8.21. The van der Waals surface area contributed by atoms with E-state index in [2.05, 4.69) is 19.2 Å². The first kappa shape index (κ1) is 19.8. The molecule has 0 aromatic rings. The maximum Gasteiger partial charge on any atom is 0.0623 e. The molecule has 122 valence electrons. The predicted molar refractivity (Wildman–Crippen MR) is 84.5 cm³/mol. The number of hydrogen-bond donors (Lipinski definition) is 5. The quantitative estimate of drug-likeness (QED) is 0.383. The third-order valence-corrected chi connectivity index (χ3v) is 4.42. The van der Waals surface area contributed by atoms with Crippen molar-refractivity contribution in [3.63, 3.8) is 0 Å². The smallest absolute Gasteiger partial charge is 0.0623 e. The second-order valence-corrected chi connectivity index (χ2v) is 7.02. The Morgan fingerprint density at radius 2 is 1.35 bits per heavy atom. The Morgan fingerprint density at radius 3 is 1.75 bits per heavy atom. The van der Waals surface area contributed by atoms with E-state index in [1.807, 2.05) is 13.8 Å². The first-order valence-corrected chi connectivity index (χ1v) is 7.66. The van der Waals surface area contributed by atoms with Gasteiger partial charge >= 0.3 is 0 Å². The van der Waals surface area contributed by atoms with Gasteiger partial charge in [0.1, 0.15) is 0 Å². The van der Waals surface area contributed by atoms with Gasteiger partial charge in [0.15, 0.2) is 0 Å². The summed E-state index contributed by atoms with van der Waals surface area (Å²) in [6.45, 7) is 9.78. The summed E-state index contributed by atoms with van der Waals surface area (Å²) in [6, 6.07) is 0. The van der Waals surface area contributed by atoms with Gasteiger partial charge in [-0.1, -0.05) is 27.7 Å². The Balaban J connectivity index is 4.20. The average molecular weight is 289 g/mol. The zero-order valence-electron chi connectivity index (χ0n) is 13.7. The lowest BCUT2D eigenvalue weighted by molar-refractivity contribution is 0.156. The molecule has 0 aliphatic carbocycles. The van der Waals surface area contributed by atoms with E-state index in [-0.39, 0.29) is 18.6 Å². The van der Waals surface area contributed by atoms with Gasteiger partial charge in [-0.15, -0.1) is 0 Å². The first-order chi connectivity index (χ1) is 9.16. The van der Waals surface area contributed by atoms with Crippen LogP contribution in [0.5, 0.6) is 0 Å². The first-order valence-electron chi connectivity index (χ1n) is 7.66. The van der Waals surface area contributed by atoms with E-state index in [4.69, 9.17) is 11.5 Å². The van der Waals surface area contributed by atoms with Gasteiger partial charge in [0.25, 0.3) is 0 Å². The summed E-state index contributed by atoms with van der Waals surface area (Å²) in [5.74, 6) is 0. The zero-order chi connectivity index (χ0) is 15.9. The fourth-order valence-electron chi connectivity index (χ4n) is 1.99. The summed E-state index contributed by atoms with van der Waals surface area (Å²) in [4.78, 5) is 0. The molecule has 0 spiro atoms. The normalized spacial score (nSPS) is 18.6. The second kappa shape index (κ2) is 8.29. The molecule has 0 aliphatic rings. The van der Waals surface area contributed by atoms with Gasteiger partial charge in [-0.25, -0.2) is 0 Å². The fourth-order valence-corrected chi connectivity index (χ4v) is 1.99. The van der Waals surface area contributed by atoms with Crippen LogP contribution in [-0.4, -0.2) is 47.6 Å². The van der Waals surface area contributed by atoms with Gasteiger partial charge in [-0.2, -0.15) is 0 Å². The number of aliphatic hydroxyl groups excluding tert-OH is 2. The molecule has 0 rings (SSSR count).